The lowest BCUT2D eigenvalue weighted by atomic mass is 10.00. The van der Waals surface area contributed by atoms with Crippen molar-refractivity contribution in [2.45, 2.75) is 39.8 Å². The van der Waals surface area contributed by atoms with Gasteiger partial charge in [0.1, 0.15) is 5.70 Å². The number of carbonyl (C=O) groups is 1. The Labute approximate surface area is 150 Å². The van der Waals surface area contributed by atoms with Gasteiger partial charge in [-0.3, -0.25) is 14.7 Å². The Kier molecular flexibility index (Phi) is 9.50. The summed E-state index contributed by atoms with van der Waals surface area (Å²) in [4.78, 5) is 17.9. The highest BCUT2D eigenvalue weighted by Gasteiger charge is 2.19. The zero-order chi connectivity index (χ0) is 18.7. The van der Waals surface area contributed by atoms with Gasteiger partial charge in [0.05, 0.1) is 6.10 Å². The first-order chi connectivity index (χ1) is 12.1. The third-order valence-electron chi connectivity index (χ3n) is 3.84. The molecule has 1 heterocycles. The summed E-state index contributed by atoms with van der Waals surface area (Å²) in [5.41, 5.74) is 8.18. The van der Waals surface area contributed by atoms with Crippen molar-refractivity contribution in [2.24, 2.45) is 10.7 Å². The first-order valence-electron chi connectivity index (χ1n) is 8.80. The maximum atomic E-state index is 11.8. The topological polar surface area (TPSA) is 90.9 Å². The van der Waals surface area contributed by atoms with Crippen LogP contribution in [0.5, 0.6) is 0 Å². The van der Waals surface area contributed by atoms with E-state index in [4.69, 9.17) is 5.73 Å². The summed E-state index contributed by atoms with van der Waals surface area (Å²) in [5.74, 6) is -0.381. The molecule has 6 nitrogen and oxygen atoms in total. The summed E-state index contributed by atoms with van der Waals surface area (Å²) >= 11 is 0. The molecule has 6 heteroatoms. The number of nitrogens with one attached hydrogen (secondary N) is 1. The maximum Gasteiger partial charge on any atom is 0.271 e. The van der Waals surface area contributed by atoms with Gasteiger partial charge in [-0.05, 0) is 24.5 Å². The number of aliphatic hydroxyl groups excluding tert-OH is 1. The van der Waals surface area contributed by atoms with E-state index in [9.17, 15) is 9.90 Å². The average molecular weight is 346 g/mol. The fourth-order valence-electron chi connectivity index (χ4n) is 2.69. The predicted octanol–water partition coefficient (Wildman–Crippen LogP) is 1.44. The molecule has 1 aromatic carbocycles. The number of nitrogens with zero attached hydrogens (tertiary/aromatic N) is 2. The summed E-state index contributed by atoms with van der Waals surface area (Å²) in [6.07, 6.45) is 3.01. The number of nitrogens with two attached hydrogens (primary N) is 1. The molecule has 0 fully saturated rings. The normalized spacial score (nSPS) is 15.9. The molecule has 0 aromatic heterocycles. The minimum absolute atomic E-state index is 0.145. The van der Waals surface area contributed by atoms with Crippen LogP contribution in [0.1, 0.15) is 31.9 Å². The van der Waals surface area contributed by atoms with E-state index in [1.807, 2.05) is 19.9 Å². The van der Waals surface area contributed by atoms with Crippen LogP contribution in [0, 0.1) is 0 Å². The quantitative estimate of drug-likeness (QED) is 0.537. The van der Waals surface area contributed by atoms with E-state index in [2.05, 4.69) is 33.4 Å². The highest BCUT2D eigenvalue weighted by Crippen LogP contribution is 2.18. The summed E-state index contributed by atoms with van der Waals surface area (Å²) in [6, 6.07) is 8.36. The third-order valence-corrected chi connectivity index (χ3v) is 3.84. The van der Waals surface area contributed by atoms with E-state index < -0.39 is 6.10 Å². The van der Waals surface area contributed by atoms with Crippen LogP contribution in [-0.2, 0) is 17.8 Å². The van der Waals surface area contributed by atoms with Gasteiger partial charge < -0.3 is 16.2 Å². The van der Waals surface area contributed by atoms with Crippen molar-refractivity contribution in [1.29, 1.82) is 0 Å². The third kappa shape index (κ3) is 6.68. The Balaban J connectivity index is 0.00000151. The molecule has 1 aromatic rings. The molecule has 25 heavy (non-hydrogen) atoms. The molecule has 1 amide bonds. The maximum absolute atomic E-state index is 11.8. The minimum atomic E-state index is -0.631. The summed E-state index contributed by atoms with van der Waals surface area (Å²) in [5, 5.41) is 12.8. The van der Waals surface area contributed by atoms with Crippen LogP contribution >= 0.6 is 0 Å². The second-order valence-corrected chi connectivity index (χ2v) is 5.56. The number of fused-ring (bicyclic) bond motifs is 1. The monoisotopic (exact) mass is 346 g/mol. The molecule has 138 valence electrons. The molecular formula is C19H30N4O2. The lowest BCUT2D eigenvalue weighted by Gasteiger charge is -2.30. The van der Waals surface area contributed by atoms with Crippen molar-refractivity contribution in [3.8, 4) is 0 Å². The van der Waals surface area contributed by atoms with Gasteiger partial charge in [-0.1, -0.05) is 38.1 Å². The summed E-state index contributed by atoms with van der Waals surface area (Å²) in [7, 11) is 0. The van der Waals surface area contributed by atoms with Crippen LogP contribution in [0.25, 0.3) is 0 Å². The number of hydrogen-bond acceptors (Lipinski definition) is 5. The van der Waals surface area contributed by atoms with Gasteiger partial charge in [0.15, 0.2) is 0 Å². The first-order valence-corrected chi connectivity index (χ1v) is 8.80. The van der Waals surface area contributed by atoms with E-state index in [0.717, 1.165) is 25.7 Å². The zero-order valence-electron chi connectivity index (χ0n) is 15.4. The van der Waals surface area contributed by atoms with Crippen LogP contribution in [0.4, 0.5) is 0 Å². The Morgan fingerprint density at radius 3 is 2.72 bits per heavy atom. The highest BCUT2D eigenvalue weighted by molar-refractivity contribution is 5.94. The summed E-state index contributed by atoms with van der Waals surface area (Å²) < 4.78 is 0. The van der Waals surface area contributed by atoms with Crippen molar-refractivity contribution in [1.82, 2.24) is 10.2 Å². The molecule has 1 atom stereocenters. The van der Waals surface area contributed by atoms with Gasteiger partial charge >= 0.3 is 0 Å². The highest BCUT2D eigenvalue weighted by atomic mass is 16.3. The van der Waals surface area contributed by atoms with Gasteiger partial charge in [-0.15, -0.1) is 0 Å². The van der Waals surface area contributed by atoms with E-state index in [1.54, 1.807) is 6.92 Å². The molecule has 1 aliphatic rings. The van der Waals surface area contributed by atoms with E-state index in [-0.39, 0.29) is 18.1 Å². The van der Waals surface area contributed by atoms with Crippen molar-refractivity contribution < 1.29 is 9.90 Å². The van der Waals surface area contributed by atoms with Gasteiger partial charge in [-0.25, -0.2) is 0 Å². The van der Waals surface area contributed by atoms with E-state index in [0.29, 0.717) is 6.54 Å². The molecule has 0 radical (unpaired) electrons. The molecular weight excluding hydrogens is 316 g/mol. The van der Waals surface area contributed by atoms with Crippen molar-refractivity contribution in [2.75, 3.05) is 19.6 Å². The molecule has 1 aliphatic heterocycles. The number of carbonyl (C=O) groups excluding carboxylic acids is 1. The minimum Gasteiger partial charge on any atom is -0.403 e. The molecule has 0 aliphatic carbocycles. The van der Waals surface area contributed by atoms with Gasteiger partial charge in [0.25, 0.3) is 5.91 Å². The Morgan fingerprint density at radius 1 is 1.40 bits per heavy atom. The molecule has 4 N–H and O–H groups in total. The molecule has 0 saturated carbocycles. The second kappa shape index (κ2) is 11.4. The zero-order valence-corrected chi connectivity index (χ0v) is 15.4. The number of hydrogen-bond donors (Lipinski definition) is 3. The number of aliphatic imine (C=N–C) groups is 1. The van der Waals surface area contributed by atoms with Crippen LogP contribution in [0.3, 0.4) is 0 Å². The standard InChI is InChI=1S/C17H24N4O2.C2H6/c1-2-19-16(9-18)17(23)20-10-15(22)12-21-8-7-13-5-3-4-6-14(13)11-21;1-2/h2-6,9,15,22H,7-8,10-12,18H2,1H3,(H,20,23);1-2H3/b16-9-,19-2?;. The number of amides is 1. The van der Waals surface area contributed by atoms with Crippen LogP contribution in [-0.4, -0.2) is 47.9 Å². The molecule has 0 saturated heterocycles. The van der Waals surface area contributed by atoms with Gasteiger partial charge in [0, 0.05) is 38.6 Å². The Morgan fingerprint density at radius 2 is 2.08 bits per heavy atom. The summed E-state index contributed by atoms with van der Waals surface area (Å²) in [6.45, 7) is 8.14. The fraction of sp³-hybridized carbons (Fsp3) is 0.474. The van der Waals surface area contributed by atoms with Crippen molar-refractivity contribution in [3.05, 3.63) is 47.3 Å². The smallest absolute Gasteiger partial charge is 0.271 e. The van der Waals surface area contributed by atoms with Crippen molar-refractivity contribution in [3.63, 3.8) is 0 Å². The van der Waals surface area contributed by atoms with E-state index >= 15 is 0 Å². The molecule has 1 unspecified atom stereocenters. The molecule has 0 bridgehead atoms. The van der Waals surface area contributed by atoms with Crippen LogP contribution < -0.4 is 11.1 Å². The number of aliphatic hydroxyl groups is 1. The van der Waals surface area contributed by atoms with Crippen LogP contribution in [0.15, 0.2) is 41.2 Å². The lowest BCUT2D eigenvalue weighted by Crippen LogP contribution is -2.42. The first kappa shape index (κ1) is 20.9. The van der Waals surface area contributed by atoms with Crippen molar-refractivity contribution >= 4 is 12.1 Å². The SMILES string of the molecule is CC.CC=N/C(=C\N)C(=O)NCC(O)CN1CCc2ccccc2C1. The van der Waals surface area contributed by atoms with Gasteiger partial charge in [0.2, 0.25) is 0 Å². The van der Waals surface area contributed by atoms with Gasteiger partial charge in [-0.2, -0.15) is 0 Å². The van der Waals surface area contributed by atoms with Crippen LogP contribution in [0.2, 0.25) is 0 Å². The van der Waals surface area contributed by atoms with E-state index in [1.165, 1.54) is 17.3 Å². The number of β-amino-alcohol motifs (C(OH)–C–C–N with tert-alkyl or cyclic N) is 1. The lowest BCUT2D eigenvalue weighted by molar-refractivity contribution is -0.118. The fourth-order valence-corrected chi connectivity index (χ4v) is 2.69. The Bertz CT molecular complexity index is 599. The second-order valence-electron chi connectivity index (χ2n) is 5.56. The predicted molar refractivity (Wildman–Crippen MR) is 102 cm³/mol. The molecule has 0 spiro atoms. The number of rotatable bonds is 6. The largest absolute Gasteiger partial charge is 0.403 e. The number of benzene rings is 1. The average Bonchev–Trinajstić information content (AvgIpc) is 2.65. The molecule has 2 rings (SSSR count). The Hall–Kier alpha value is -2.18.